The number of hydrogen-bond donors (Lipinski definition) is 5. The minimum Gasteiger partial charge on any atom is -0.507 e. The van der Waals surface area contributed by atoms with Gasteiger partial charge in [-0.1, -0.05) is 36.4 Å². The van der Waals surface area contributed by atoms with Crippen molar-refractivity contribution in [2.75, 3.05) is 20.4 Å². The van der Waals surface area contributed by atoms with Gasteiger partial charge in [-0.15, -0.1) is 0 Å². The average Bonchev–Trinajstić information content (AvgIpc) is 3.54. The third-order valence-electron chi connectivity index (χ3n) is 10.7. The molecule has 48 heavy (non-hydrogen) atoms. The van der Waals surface area contributed by atoms with Crippen LogP contribution < -0.4 is 20.1 Å². The second kappa shape index (κ2) is 13.4. The number of amides is 2. The van der Waals surface area contributed by atoms with E-state index in [0.717, 1.165) is 27.8 Å². The van der Waals surface area contributed by atoms with Crippen molar-refractivity contribution in [1.82, 2.24) is 20.4 Å². The third kappa shape index (κ3) is 5.67. The number of ether oxygens (including phenoxy) is 2. The van der Waals surface area contributed by atoms with Gasteiger partial charge in [-0.3, -0.25) is 19.4 Å². The van der Waals surface area contributed by atoms with Crippen LogP contribution in [0.5, 0.6) is 23.0 Å². The van der Waals surface area contributed by atoms with Gasteiger partial charge >= 0.3 is 0 Å². The third-order valence-corrected chi connectivity index (χ3v) is 10.7. The van der Waals surface area contributed by atoms with Crippen LogP contribution in [0.1, 0.15) is 63.5 Å². The molecule has 6 atom stereocenters. The molecule has 4 aliphatic rings. The molecule has 4 heterocycles. The maximum atomic E-state index is 13.5. The maximum Gasteiger partial charge on any atom is 0.242 e. The number of likely N-dealkylation sites (N-methyl/N-ethyl adjacent to an activating group) is 1. The number of carbonyl (C=O) groups is 2. The van der Waals surface area contributed by atoms with Crippen molar-refractivity contribution >= 4 is 11.8 Å². The van der Waals surface area contributed by atoms with Crippen molar-refractivity contribution < 1.29 is 78.4 Å². The van der Waals surface area contributed by atoms with Gasteiger partial charge in [-0.25, -0.2) is 0 Å². The van der Waals surface area contributed by atoms with Gasteiger partial charge < -0.3 is 35.4 Å². The Balaban J connectivity index is 0.00000401. The van der Waals surface area contributed by atoms with E-state index in [-0.39, 0.29) is 105 Å². The van der Waals surface area contributed by atoms with E-state index in [1.165, 1.54) is 0 Å². The number of phenols is 2. The molecule has 5 N–H and O–H groups in total. The van der Waals surface area contributed by atoms with Crippen LogP contribution in [0.25, 0.3) is 0 Å². The Hall–Kier alpha value is -2.88. The van der Waals surface area contributed by atoms with E-state index < -0.39 is 18.3 Å². The summed E-state index contributed by atoms with van der Waals surface area (Å²) in [6.07, 6.45) is 0.133. The average molecular weight is 870 g/mol. The molecule has 3 aromatic carbocycles. The zero-order valence-corrected chi connectivity index (χ0v) is 32.7. The van der Waals surface area contributed by atoms with Crippen molar-refractivity contribution in [3.63, 3.8) is 0 Å². The first-order valence-electron chi connectivity index (χ1n) is 16.2. The summed E-state index contributed by atoms with van der Waals surface area (Å²) in [6, 6.07) is 9.09. The van der Waals surface area contributed by atoms with Crippen LogP contribution in [0.2, 0.25) is 0 Å². The molecule has 3 aromatic rings. The van der Waals surface area contributed by atoms with E-state index >= 15 is 0 Å². The summed E-state index contributed by atoms with van der Waals surface area (Å²) in [6.45, 7) is 7.39. The summed E-state index contributed by atoms with van der Waals surface area (Å²) in [5.41, 5.74) is 6.43. The number of benzene rings is 3. The van der Waals surface area contributed by atoms with Crippen LogP contribution in [0.4, 0.5) is 0 Å². The molecule has 0 saturated carbocycles. The first-order chi connectivity index (χ1) is 22.5. The van der Waals surface area contributed by atoms with E-state index in [0.29, 0.717) is 41.0 Å². The largest absolute Gasteiger partial charge is 0.507 e. The van der Waals surface area contributed by atoms with E-state index in [9.17, 15) is 24.9 Å². The molecule has 7 rings (SSSR count). The van der Waals surface area contributed by atoms with E-state index in [1.54, 1.807) is 13.8 Å². The van der Waals surface area contributed by atoms with Crippen LogP contribution in [-0.4, -0.2) is 81.7 Å². The molecule has 11 nitrogen and oxygen atoms in total. The predicted molar refractivity (Wildman–Crippen MR) is 173 cm³/mol. The molecule has 1 radical (unpaired) electrons. The van der Waals surface area contributed by atoms with Crippen molar-refractivity contribution in [2.24, 2.45) is 0 Å². The summed E-state index contributed by atoms with van der Waals surface area (Å²) < 4.78 is 11.8. The molecular formula is C36H42AcN4O7. The molecule has 1 saturated heterocycles. The second-order valence-electron chi connectivity index (χ2n) is 13.4. The molecule has 0 aromatic heterocycles. The van der Waals surface area contributed by atoms with Crippen molar-refractivity contribution in [3.05, 3.63) is 80.9 Å². The monoisotopic (exact) mass is 869 g/mol. The number of aryl methyl sites for hydroxylation is 1. The standard InChI is InChI=1S/C36H42N4O7.Ac/c1-17-11-22-13-25-36(45)40-24(30(39(25)5)28(22)32(43)18(17)2)14-23-29(34-33(46-16-47-34)19(3)31(23)42)26(40)15-37-35(44)20(4)38-27(41)12-21-9-7-6-8-10-21;/h6-11,20,24-26,30,36,42-43,45H,12-16H2,1-5H3,(H,37,44)(H,38,41);/t20-,24?,25+,26-,30-,36-;/m0./s1. The minimum absolute atomic E-state index is 0. The fraction of sp³-hybridized carbons (Fsp3) is 0.444. The molecule has 1 unspecified atom stereocenters. The number of piperazine rings is 1. The smallest absolute Gasteiger partial charge is 0.242 e. The zero-order chi connectivity index (χ0) is 33.3. The van der Waals surface area contributed by atoms with Gasteiger partial charge in [0, 0.05) is 78.9 Å². The van der Waals surface area contributed by atoms with Gasteiger partial charge in [0.2, 0.25) is 18.6 Å². The number of nitrogens with zero attached hydrogens (tertiary/aromatic N) is 2. The Labute approximate surface area is 316 Å². The number of fused-ring (bicyclic) bond motifs is 9. The topological polar surface area (TPSA) is 144 Å². The van der Waals surface area contributed by atoms with Crippen LogP contribution in [0.15, 0.2) is 36.4 Å². The van der Waals surface area contributed by atoms with Crippen molar-refractivity contribution in [1.29, 1.82) is 0 Å². The summed E-state index contributed by atoms with van der Waals surface area (Å²) in [5, 5.41) is 41.0. The molecule has 12 heteroatoms. The maximum absolute atomic E-state index is 13.5. The molecule has 251 valence electrons. The Morgan fingerprint density at radius 3 is 2.42 bits per heavy atom. The predicted octanol–water partition coefficient (Wildman–Crippen LogP) is 2.81. The summed E-state index contributed by atoms with van der Waals surface area (Å²) in [7, 11) is 1.98. The van der Waals surface area contributed by atoms with Gasteiger partial charge in [-0.05, 0) is 69.8 Å². The van der Waals surface area contributed by atoms with Crippen molar-refractivity contribution in [2.45, 2.75) is 83.4 Å². The number of aromatic hydroxyl groups is 2. The number of rotatable bonds is 6. The van der Waals surface area contributed by atoms with Crippen molar-refractivity contribution in [3.8, 4) is 23.0 Å². The number of aliphatic hydroxyl groups excluding tert-OH is 1. The summed E-state index contributed by atoms with van der Waals surface area (Å²) in [4.78, 5) is 30.3. The summed E-state index contributed by atoms with van der Waals surface area (Å²) >= 11 is 0. The van der Waals surface area contributed by atoms with Gasteiger partial charge in [-0.2, -0.15) is 0 Å². The fourth-order valence-electron chi connectivity index (χ4n) is 8.21. The SMILES string of the molecule is Cc1cc2c(c(O)c1C)[C@@H]1C3Cc4c(O)c(C)c5c(c4[C@H](CNC(=O)[C@H](C)NC(=O)Cc4ccccc4)N3[C@@H](O)[C@@H](C2)N1C)OCO5.[Ac]. The Kier molecular flexibility index (Phi) is 9.79. The van der Waals surface area contributed by atoms with Gasteiger partial charge in [0.25, 0.3) is 0 Å². The van der Waals surface area contributed by atoms with Crippen LogP contribution in [0, 0.1) is 64.8 Å². The number of aliphatic hydroxyl groups is 1. The Morgan fingerprint density at radius 2 is 1.69 bits per heavy atom. The Bertz CT molecular complexity index is 1770. The second-order valence-corrected chi connectivity index (χ2v) is 13.4. The number of hydrogen-bond acceptors (Lipinski definition) is 9. The fourth-order valence-corrected chi connectivity index (χ4v) is 8.21. The summed E-state index contributed by atoms with van der Waals surface area (Å²) in [5.74, 6) is 0.670. The minimum atomic E-state index is -0.933. The van der Waals surface area contributed by atoms with E-state index in [4.69, 9.17) is 9.47 Å². The van der Waals surface area contributed by atoms with Gasteiger partial charge in [0.05, 0.1) is 24.5 Å². The molecular weight excluding hydrogens is 827 g/mol. The Morgan fingerprint density at radius 1 is 0.979 bits per heavy atom. The van der Waals surface area contributed by atoms with Gasteiger partial charge in [0.1, 0.15) is 23.8 Å². The number of phenolic OH excluding ortho intramolecular Hbond substituents is 2. The van der Waals surface area contributed by atoms with Gasteiger partial charge in [0.15, 0.2) is 11.5 Å². The van der Waals surface area contributed by atoms with E-state index in [2.05, 4.69) is 21.6 Å². The zero-order valence-electron chi connectivity index (χ0n) is 27.9. The van der Waals surface area contributed by atoms with E-state index in [1.807, 2.05) is 56.1 Å². The van der Waals surface area contributed by atoms with Crippen LogP contribution >= 0.6 is 0 Å². The molecule has 2 amide bonds. The molecule has 4 aliphatic heterocycles. The molecule has 1 fully saturated rings. The first kappa shape index (κ1) is 35.0. The van der Waals surface area contributed by atoms with Crippen LogP contribution in [0.3, 0.4) is 0 Å². The molecule has 0 aliphatic carbocycles. The quantitative estimate of drug-likeness (QED) is 0.253. The first-order valence-corrected chi connectivity index (χ1v) is 16.2. The molecule has 2 bridgehead atoms. The normalized spacial score (nSPS) is 24.4. The molecule has 0 spiro atoms. The number of carbonyl (C=O) groups excluding carboxylic acids is 2. The number of nitrogens with one attached hydrogen (secondary N) is 2. The van der Waals surface area contributed by atoms with Crippen LogP contribution in [-0.2, 0) is 28.9 Å².